The molecule has 4 aromatic carbocycles. The number of hydrogen-bond donors (Lipinski definition) is 0. The zero-order valence-corrected chi connectivity index (χ0v) is 16.8. The minimum atomic E-state index is -0.672. The van der Waals surface area contributed by atoms with Crippen molar-refractivity contribution in [3.63, 3.8) is 0 Å². The summed E-state index contributed by atoms with van der Waals surface area (Å²) in [7, 11) is 2.11. The molecule has 0 aromatic heterocycles. The smallest absolute Gasteiger partial charge is 0.228 e. The lowest BCUT2D eigenvalue weighted by Gasteiger charge is -2.45. The van der Waals surface area contributed by atoms with Gasteiger partial charge in [-0.3, -0.25) is 4.99 Å². The van der Waals surface area contributed by atoms with Crippen molar-refractivity contribution in [1.82, 2.24) is 0 Å². The van der Waals surface area contributed by atoms with Crippen LogP contribution in [-0.2, 0) is 5.41 Å². The van der Waals surface area contributed by atoms with Crippen molar-refractivity contribution in [3.8, 4) is 5.75 Å². The topological polar surface area (TPSA) is 24.8 Å². The van der Waals surface area contributed by atoms with Crippen LogP contribution in [-0.4, -0.2) is 19.0 Å². The molecule has 2 aliphatic rings. The van der Waals surface area contributed by atoms with E-state index in [1.54, 1.807) is 0 Å². The Hall–Kier alpha value is -3.33. The van der Waals surface area contributed by atoms with E-state index in [0.29, 0.717) is 0 Å². The molecule has 0 aliphatic carbocycles. The van der Waals surface area contributed by atoms with Crippen LogP contribution in [0.4, 0.5) is 11.4 Å². The molecule has 2 aliphatic heterocycles. The predicted octanol–water partition coefficient (Wildman–Crippen LogP) is 6.21. The van der Waals surface area contributed by atoms with Crippen LogP contribution in [0.5, 0.6) is 5.75 Å². The summed E-state index contributed by atoms with van der Waals surface area (Å²) in [5, 5.41) is 4.83. The molecule has 1 spiro atoms. The van der Waals surface area contributed by atoms with E-state index >= 15 is 0 Å². The number of rotatable bonds is 0. The molecule has 0 saturated heterocycles. The van der Waals surface area contributed by atoms with E-state index in [1.165, 1.54) is 27.4 Å². The lowest BCUT2D eigenvalue weighted by molar-refractivity contribution is 0.0831. The van der Waals surface area contributed by atoms with Crippen LogP contribution in [0.1, 0.15) is 19.4 Å². The fraction of sp³-hybridized carbons (Fsp3) is 0.192. The van der Waals surface area contributed by atoms with Crippen LogP contribution >= 0.6 is 0 Å². The highest BCUT2D eigenvalue weighted by atomic mass is 16.5. The van der Waals surface area contributed by atoms with Gasteiger partial charge in [-0.2, -0.15) is 0 Å². The van der Waals surface area contributed by atoms with Gasteiger partial charge in [0.25, 0.3) is 0 Å². The van der Waals surface area contributed by atoms with Crippen LogP contribution in [0.15, 0.2) is 77.8 Å². The molecular weight excluding hydrogens is 356 g/mol. The van der Waals surface area contributed by atoms with E-state index in [-0.39, 0.29) is 5.41 Å². The molecule has 29 heavy (non-hydrogen) atoms. The first-order valence-corrected chi connectivity index (χ1v) is 10.0. The molecule has 0 N–H and O–H groups in total. The van der Waals surface area contributed by atoms with Crippen molar-refractivity contribution >= 4 is 39.1 Å². The fourth-order valence-corrected chi connectivity index (χ4v) is 5.21. The third kappa shape index (κ3) is 1.95. The highest BCUT2D eigenvalue weighted by Gasteiger charge is 2.59. The summed E-state index contributed by atoms with van der Waals surface area (Å²) in [6.07, 6.45) is 2.01. The summed E-state index contributed by atoms with van der Waals surface area (Å²) in [5.74, 6) is 0.836. The quantitative estimate of drug-likeness (QED) is 0.363. The number of nitrogens with zero attached hydrogens (tertiary/aromatic N) is 2. The molecule has 2 heterocycles. The SMILES string of the molecule is CN1c2ccc3ccccc3c2C(C)(C)C12C=Nc1c(ccc3ccccc13)O2. The van der Waals surface area contributed by atoms with Gasteiger partial charge in [-0.25, -0.2) is 0 Å². The lowest BCUT2D eigenvalue weighted by atomic mass is 9.76. The summed E-state index contributed by atoms with van der Waals surface area (Å²) in [4.78, 5) is 7.22. The minimum absolute atomic E-state index is 0.287. The third-order valence-corrected chi connectivity index (χ3v) is 6.78. The Morgan fingerprint density at radius 3 is 2.24 bits per heavy atom. The summed E-state index contributed by atoms with van der Waals surface area (Å²) in [6.45, 7) is 4.53. The Bertz CT molecular complexity index is 1340. The highest BCUT2D eigenvalue weighted by molar-refractivity contribution is 6.02. The molecular formula is C26H22N2O. The Morgan fingerprint density at radius 1 is 0.793 bits per heavy atom. The van der Waals surface area contributed by atoms with E-state index < -0.39 is 5.72 Å². The molecule has 3 heteroatoms. The summed E-state index contributed by atoms with van der Waals surface area (Å²) in [6, 6.07) is 25.5. The molecule has 0 saturated carbocycles. The van der Waals surface area contributed by atoms with Crippen molar-refractivity contribution in [2.75, 3.05) is 11.9 Å². The number of ether oxygens (including phenoxy) is 1. The standard InChI is InChI=1S/C26H22N2O/c1-25(2)23-19-10-6-4-8-17(19)12-14-21(23)28(3)26(25)16-27-24-20-11-7-5-9-18(20)13-15-22(24)29-26/h4-16H,1-3H3. The van der Waals surface area contributed by atoms with Crippen LogP contribution in [0.25, 0.3) is 21.5 Å². The van der Waals surface area contributed by atoms with Gasteiger partial charge in [0.2, 0.25) is 5.72 Å². The minimum Gasteiger partial charge on any atom is -0.459 e. The van der Waals surface area contributed by atoms with Crippen molar-refractivity contribution in [3.05, 3.63) is 78.4 Å². The van der Waals surface area contributed by atoms with E-state index in [4.69, 9.17) is 9.73 Å². The molecule has 0 bridgehead atoms. The zero-order valence-electron chi connectivity index (χ0n) is 16.8. The second-order valence-corrected chi connectivity index (χ2v) is 8.55. The maximum atomic E-state index is 6.82. The predicted molar refractivity (Wildman–Crippen MR) is 121 cm³/mol. The number of likely N-dealkylation sites (N-methyl/N-ethyl adjacent to an activating group) is 1. The van der Waals surface area contributed by atoms with Gasteiger partial charge >= 0.3 is 0 Å². The zero-order chi connectivity index (χ0) is 19.8. The largest absolute Gasteiger partial charge is 0.459 e. The molecule has 1 unspecified atom stereocenters. The van der Waals surface area contributed by atoms with Gasteiger partial charge < -0.3 is 9.64 Å². The number of anilines is 1. The number of fused-ring (bicyclic) bond motifs is 6. The molecule has 6 rings (SSSR count). The number of benzene rings is 4. The van der Waals surface area contributed by atoms with Crippen LogP contribution in [0.2, 0.25) is 0 Å². The highest BCUT2D eigenvalue weighted by Crippen LogP contribution is 2.55. The summed E-state index contributed by atoms with van der Waals surface area (Å²) >= 11 is 0. The Balaban J connectivity index is 1.59. The Kier molecular flexibility index (Phi) is 3.08. The van der Waals surface area contributed by atoms with Gasteiger partial charge in [0.1, 0.15) is 11.4 Å². The normalized spacial score (nSPS) is 21.4. The van der Waals surface area contributed by atoms with Crippen molar-refractivity contribution in [2.24, 2.45) is 4.99 Å². The fourth-order valence-electron chi connectivity index (χ4n) is 5.21. The second kappa shape index (κ2) is 5.38. The average molecular weight is 378 g/mol. The first-order valence-electron chi connectivity index (χ1n) is 10.0. The van der Waals surface area contributed by atoms with E-state index in [1.807, 2.05) is 6.21 Å². The third-order valence-electron chi connectivity index (χ3n) is 6.78. The van der Waals surface area contributed by atoms with Crippen LogP contribution in [0, 0.1) is 0 Å². The van der Waals surface area contributed by atoms with Crippen molar-refractivity contribution in [2.45, 2.75) is 25.0 Å². The molecule has 1 atom stereocenters. The Morgan fingerprint density at radius 2 is 1.45 bits per heavy atom. The van der Waals surface area contributed by atoms with Gasteiger partial charge in [-0.05, 0) is 47.7 Å². The molecule has 142 valence electrons. The van der Waals surface area contributed by atoms with Crippen LogP contribution in [0.3, 0.4) is 0 Å². The molecule has 0 radical (unpaired) electrons. The Labute approximate surface area is 170 Å². The number of hydrogen-bond acceptors (Lipinski definition) is 3. The maximum absolute atomic E-state index is 6.82. The van der Waals surface area contributed by atoms with Gasteiger partial charge in [-0.1, -0.05) is 60.7 Å². The van der Waals surface area contributed by atoms with Gasteiger partial charge in [0, 0.05) is 18.1 Å². The van der Waals surface area contributed by atoms with Crippen molar-refractivity contribution < 1.29 is 4.74 Å². The summed E-state index contributed by atoms with van der Waals surface area (Å²) in [5.41, 5.74) is 2.47. The van der Waals surface area contributed by atoms with E-state index in [9.17, 15) is 0 Å². The maximum Gasteiger partial charge on any atom is 0.228 e. The van der Waals surface area contributed by atoms with E-state index in [0.717, 1.165) is 16.8 Å². The average Bonchev–Trinajstić information content (AvgIpc) is 2.92. The van der Waals surface area contributed by atoms with E-state index in [2.05, 4.69) is 98.6 Å². The second-order valence-electron chi connectivity index (χ2n) is 8.55. The first kappa shape index (κ1) is 16.6. The van der Waals surface area contributed by atoms with Gasteiger partial charge in [0.05, 0.1) is 11.6 Å². The molecule has 0 amide bonds. The van der Waals surface area contributed by atoms with Gasteiger partial charge in [0.15, 0.2) is 0 Å². The van der Waals surface area contributed by atoms with Gasteiger partial charge in [-0.15, -0.1) is 0 Å². The first-order chi connectivity index (χ1) is 14.0. The molecule has 4 aromatic rings. The summed E-state index contributed by atoms with van der Waals surface area (Å²) < 4.78 is 6.82. The lowest BCUT2D eigenvalue weighted by Crippen LogP contribution is -2.61. The monoisotopic (exact) mass is 378 g/mol. The number of aliphatic imine (C=N–C) groups is 1. The van der Waals surface area contributed by atoms with Crippen molar-refractivity contribution in [1.29, 1.82) is 0 Å². The molecule has 3 nitrogen and oxygen atoms in total. The molecule has 0 fully saturated rings. The van der Waals surface area contributed by atoms with Crippen LogP contribution < -0.4 is 9.64 Å².